The third-order valence-electron chi connectivity index (χ3n) is 5.87. The van der Waals surface area contributed by atoms with Gasteiger partial charge in [0.15, 0.2) is 0 Å². The molecule has 2 bridgehead atoms. The molecule has 0 N–H and O–H groups in total. The van der Waals surface area contributed by atoms with Crippen LogP contribution in [0.3, 0.4) is 0 Å². The Kier molecular flexibility index (Phi) is 3.38. The molecule has 2 heterocycles. The number of rotatable bonds is 1. The molecule has 1 fully saturated rings. The van der Waals surface area contributed by atoms with Crippen LogP contribution in [-0.4, -0.2) is 4.98 Å². The Labute approximate surface area is 159 Å². The minimum Gasteiger partial charge on any atom is -0.500 e. The zero-order valence-corrected chi connectivity index (χ0v) is 16.0. The molecule has 2 nitrogen and oxygen atoms in total. The summed E-state index contributed by atoms with van der Waals surface area (Å²) < 4.78 is 5.91. The first-order valence-electron chi connectivity index (χ1n) is 8.70. The van der Waals surface area contributed by atoms with Crippen LogP contribution in [-0.2, 0) is 20.1 Å². The van der Waals surface area contributed by atoms with Crippen molar-refractivity contribution in [2.24, 2.45) is 0 Å². The number of para-hydroxylation sites is 1. The van der Waals surface area contributed by atoms with Gasteiger partial charge >= 0.3 is 0 Å². The molecule has 0 aliphatic heterocycles. The number of pyridine rings is 1. The van der Waals surface area contributed by atoms with Crippen molar-refractivity contribution in [1.29, 1.82) is 0 Å². The second kappa shape index (κ2) is 5.52. The van der Waals surface area contributed by atoms with Gasteiger partial charge < -0.3 is 9.40 Å². The number of fused-ring (bicyclic) bond motifs is 8. The van der Waals surface area contributed by atoms with Crippen molar-refractivity contribution < 1.29 is 24.5 Å². The molecule has 6 rings (SSSR count). The molecule has 4 aromatic rings. The van der Waals surface area contributed by atoms with Crippen LogP contribution in [0.15, 0.2) is 53.1 Å². The van der Waals surface area contributed by atoms with Crippen LogP contribution in [0.1, 0.15) is 42.2 Å². The molecule has 2 aromatic heterocycles. The van der Waals surface area contributed by atoms with Crippen LogP contribution in [0.25, 0.3) is 33.2 Å². The molecule has 2 atom stereocenters. The number of furan rings is 1. The van der Waals surface area contributed by atoms with E-state index in [0.717, 1.165) is 45.0 Å². The zero-order valence-electron chi connectivity index (χ0n) is 13.6. The van der Waals surface area contributed by atoms with Gasteiger partial charge in [-0.3, -0.25) is 0 Å². The van der Waals surface area contributed by atoms with E-state index >= 15 is 0 Å². The second-order valence-electron chi connectivity index (χ2n) is 7.13. The summed E-state index contributed by atoms with van der Waals surface area (Å²) >= 11 is 0. The van der Waals surface area contributed by atoms with Gasteiger partial charge in [-0.15, -0.1) is 23.8 Å². The molecule has 2 aromatic carbocycles. The number of nitrogens with zero attached hydrogens (tertiary/aromatic N) is 1. The van der Waals surface area contributed by atoms with Crippen LogP contribution in [0.2, 0.25) is 0 Å². The molecule has 1 radical (unpaired) electrons. The minimum atomic E-state index is 0. The average Bonchev–Trinajstić information content (AvgIpc) is 3.34. The van der Waals surface area contributed by atoms with E-state index in [1.54, 1.807) is 0 Å². The van der Waals surface area contributed by atoms with E-state index in [2.05, 4.69) is 36.5 Å². The fraction of sp³-hybridized carbons (Fsp3) is 0.227. The smallest absolute Gasteiger partial charge is 0.120 e. The van der Waals surface area contributed by atoms with Crippen molar-refractivity contribution in [3.8, 4) is 11.3 Å². The Morgan fingerprint density at radius 3 is 2.72 bits per heavy atom. The Morgan fingerprint density at radius 1 is 0.960 bits per heavy atom. The van der Waals surface area contributed by atoms with Crippen molar-refractivity contribution in [2.45, 2.75) is 31.1 Å². The van der Waals surface area contributed by atoms with E-state index in [9.17, 15) is 0 Å². The van der Waals surface area contributed by atoms with Gasteiger partial charge in [0.1, 0.15) is 5.58 Å². The minimum absolute atomic E-state index is 0. The Bertz CT molecular complexity index is 1110. The first-order chi connectivity index (χ1) is 11.9. The molecule has 2 aliphatic carbocycles. The molecule has 2 unspecified atom stereocenters. The molecule has 0 spiro atoms. The summed E-state index contributed by atoms with van der Waals surface area (Å²) in [5, 5.41) is 2.30. The van der Waals surface area contributed by atoms with E-state index in [4.69, 9.17) is 9.40 Å². The van der Waals surface area contributed by atoms with Gasteiger partial charge in [0.25, 0.3) is 0 Å². The van der Waals surface area contributed by atoms with Crippen molar-refractivity contribution >= 4 is 21.9 Å². The maximum absolute atomic E-state index is 5.91. The number of hydrogen-bond donors (Lipinski definition) is 0. The van der Waals surface area contributed by atoms with E-state index in [1.807, 2.05) is 18.2 Å². The summed E-state index contributed by atoms with van der Waals surface area (Å²) in [5.74, 6) is 1.51. The van der Waals surface area contributed by atoms with Crippen LogP contribution >= 0.6 is 0 Å². The SMILES string of the molecule is [Ir].[c-]1cc2oc3ccccc3c2cc1-c1cc2c(cn1)C1CCC2C1. The predicted molar refractivity (Wildman–Crippen MR) is 95.1 cm³/mol. The van der Waals surface area contributed by atoms with Crippen LogP contribution in [0, 0.1) is 6.07 Å². The summed E-state index contributed by atoms with van der Waals surface area (Å²) in [7, 11) is 0. The van der Waals surface area contributed by atoms with Crippen LogP contribution < -0.4 is 0 Å². The normalized spacial score (nSPS) is 20.8. The molecule has 0 amide bonds. The van der Waals surface area contributed by atoms with E-state index < -0.39 is 0 Å². The predicted octanol–water partition coefficient (Wildman–Crippen LogP) is 5.81. The van der Waals surface area contributed by atoms with E-state index in [-0.39, 0.29) is 20.1 Å². The quantitative estimate of drug-likeness (QED) is 0.307. The van der Waals surface area contributed by atoms with Crippen LogP contribution in [0.4, 0.5) is 0 Å². The molecular weight excluding hydrogens is 486 g/mol. The standard InChI is InChI=1S/C22H16NO.Ir/c1-2-4-21-16(3-1)18-10-15(7-8-22(18)24-21)20-11-17-13-5-6-14(9-13)19(17)12-23-20;/h1-4,8,10-14H,5-6,9H2;/q-1;. The maximum atomic E-state index is 5.91. The first kappa shape index (κ1) is 15.3. The third kappa shape index (κ3) is 2.16. The van der Waals surface area contributed by atoms with Gasteiger partial charge in [0.2, 0.25) is 0 Å². The molecule has 25 heavy (non-hydrogen) atoms. The van der Waals surface area contributed by atoms with Gasteiger partial charge in [0, 0.05) is 31.7 Å². The van der Waals surface area contributed by atoms with E-state index in [1.165, 1.54) is 30.4 Å². The molecule has 2 aliphatic rings. The molecule has 125 valence electrons. The van der Waals surface area contributed by atoms with Crippen molar-refractivity contribution in [2.75, 3.05) is 0 Å². The van der Waals surface area contributed by atoms with Gasteiger partial charge in [-0.05, 0) is 54.0 Å². The molecular formula is C22H16IrNO-. The number of hydrogen-bond acceptors (Lipinski definition) is 2. The maximum Gasteiger partial charge on any atom is 0.120 e. The topological polar surface area (TPSA) is 26.0 Å². The average molecular weight is 503 g/mol. The summed E-state index contributed by atoms with van der Waals surface area (Å²) in [6.07, 6.45) is 6.13. The van der Waals surface area contributed by atoms with Crippen molar-refractivity contribution in [1.82, 2.24) is 4.98 Å². The van der Waals surface area contributed by atoms with Gasteiger partial charge in [-0.25, -0.2) is 0 Å². The van der Waals surface area contributed by atoms with Gasteiger partial charge in [-0.1, -0.05) is 29.7 Å². The molecule has 1 saturated carbocycles. The number of aromatic nitrogens is 1. The third-order valence-corrected chi connectivity index (χ3v) is 5.87. The van der Waals surface area contributed by atoms with Gasteiger partial charge in [-0.2, -0.15) is 0 Å². The second-order valence-corrected chi connectivity index (χ2v) is 7.13. The summed E-state index contributed by atoms with van der Waals surface area (Å²) in [5.41, 5.74) is 6.93. The zero-order chi connectivity index (χ0) is 15.7. The summed E-state index contributed by atoms with van der Waals surface area (Å²) in [6.45, 7) is 0. The summed E-state index contributed by atoms with van der Waals surface area (Å²) in [4.78, 5) is 4.75. The first-order valence-corrected chi connectivity index (χ1v) is 8.70. The number of benzene rings is 2. The molecule has 3 heteroatoms. The monoisotopic (exact) mass is 503 g/mol. The fourth-order valence-corrected chi connectivity index (χ4v) is 4.69. The Balaban J connectivity index is 0.00000140. The molecule has 0 saturated heterocycles. The van der Waals surface area contributed by atoms with Crippen LogP contribution in [0.5, 0.6) is 0 Å². The Hall–Kier alpha value is -1.96. The van der Waals surface area contributed by atoms with Gasteiger partial charge in [0.05, 0.1) is 5.58 Å². The van der Waals surface area contributed by atoms with Crippen molar-refractivity contribution in [3.05, 3.63) is 65.9 Å². The van der Waals surface area contributed by atoms with E-state index in [0.29, 0.717) is 0 Å². The van der Waals surface area contributed by atoms with Crippen molar-refractivity contribution in [3.63, 3.8) is 0 Å². The Morgan fingerprint density at radius 2 is 1.80 bits per heavy atom. The fourth-order valence-electron chi connectivity index (χ4n) is 4.69. The summed E-state index contributed by atoms with van der Waals surface area (Å²) in [6, 6.07) is 18.0. The largest absolute Gasteiger partial charge is 0.500 e.